The first-order valence-corrected chi connectivity index (χ1v) is 6.67. The fourth-order valence-electron chi connectivity index (χ4n) is 0.464. The summed E-state index contributed by atoms with van der Waals surface area (Å²) in [5, 5.41) is 0. The molecule has 0 heterocycles. The van der Waals surface area contributed by atoms with E-state index >= 15 is 0 Å². The van der Waals surface area contributed by atoms with Crippen molar-refractivity contribution < 1.29 is 18.5 Å². The lowest BCUT2D eigenvalue weighted by molar-refractivity contribution is 0.151. The van der Waals surface area contributed by atoms with Gasteiger partial charge in [-0.15, -0.1) is 0 Å². The zero-order valence-electron chi connectivity index (χ0n) is 7.10. The number of halogens is 4. The Labute approximate surface area is 107 Å². The summed E-state index contributed by atoms with van der Waals surface area (Å²) in [4.78, 5) is 9.10. The fourth-order valence-corrected chi connectivity index (χ4v) is 2.33. The van der Waals surface area contributed by atoms with Gasteiger partial charge in [0, 0.05) is 11.1 Å². The molecule has 0 aromatic heterocycles. The van der Waals surface area contributed by atoms with Gasteiger partial charge in [0.1, 0.15) is 0 Å². The number of alkyl halides is 2. The summed E-state index contributed by atoms with van der Waals surface area (Å²) in [5.41, 5.74) is -0.312. The number of hydrogen-bond donors (Lipinski definition) is 1. The molecule has 9 heteroatoms. The molecule has 0 saturated heterocycles. The lowest BCUT2D eigenvalue weighted by Gasteiger charge is -2.15. The molecule has 0 aromatic carbocycles. The van der Waals surface area contributed by atoms with Crippen molar-refractivity contribution in [3.63, 3.8) is 0 Å². The second-order valence-electron chi connectivity index (χ2n) is 2.02. The molecule has 0 aliphatic carbocycles. The third kappa shape index (κ3) is 8.55. The number of hydrogen-bond acceptors (Lipinski definition) is 3. The minimum atomic E-state index is -4.35. The van der Waals surface area contributed by atoms with Crippen LogP contribution < -0.4 is 0 Å². The number of rotatable bonds is 6. The summed E-state index contributed by atoms with van der Waals surface area (Å²) in [5.74, 6) is 0. The molecular weight excluding hydrogens is 309 g/mol. The minimum Gasteiger partial charge on any atom is -0.302 e. The van der Waals surface area contributed by atoms with E-state index in [0.29, 0.717) is 0 Å². The molecule has 0 fully saturated rings. The average molecular weight is 316 g/mol. The van der Waals surface area contributed by atoms with Gasteiger partial charge in [0.25, 0.3) is 0 Å². The van der Waals surface area contributed by atoms with Gasteiger partial charge in [0.15, 0.2) is 11.1 Å². The first-order valence-electron chi connectivity index (χ1n) is 3.43. The summed E-state index contributed by atoms with van der Waals surface area (Å²) in [6.45, 7) is 0. The van der Waals surface area contributed by atoms with E-state index in [4.69, 9.17) is 51.3 Å². The molecule has 0 spiro atoms. The monoisotopic (exact) mass is 314 g/mol. The van der Waals surface area contributed by atoms with Gasteiger partial charge < -0.3 is 4.89 Å². The zero-order valence-corrected chi connectivity index (χ0v) is 11.0. The van der Waals surface area contributed by atoms with Crippen molar-refractivity contribution >= 4 is 54.2 Å². The maximum atomic E-state index is 11.2. The van der Waals surface area contributed by atoms with Crippen molar-refractivity contribution in [3.8, 4) is 0 Å². The highest BCUT2D eigenvalue weighted by molar-refractivity contribution is 7.47. The van der Waals surface area contributed by atoms with Crippen molar-refractivity contribution in [3.05, 3.63) is 23.2 Å². The van der Waals surface area contributed by atoms with Gasteiger partial charge in [-0.25, -0.2) is 4.57 Å². The van der Waals surface area contributed by atoms with Crippen LogP contribution in [-0.2, 0) is 13.6 Å². The summed E-state index contributed by atoms with van der Waals surface area (Å²) < 4.78 is 20.0. The maximum Gasteiger partial charge on any atom is 0.475 e. The van der Waals surface area contributed by atoms with Gasteiger partial charge in [-0.3, -0.25) is 9.05 Å². The van der Waals surface area contributed by atoms with Gasteiger partial charge >= 0.3 is 7.82 Å². The first kappa shape index (κ1) is 15.8. The fraction of sp³-hybridized carbons (Fsp3) is 0.333. The van der Waals surface area contributed by atoms with Crippen LogP contribution in [0.5, 0.6) is 0 Å². The van der Waals surface area contributed by atoms with Gasteiger partial charge in [0.05, 0.1) is 0 Å². The molecule has 1 N–H and O–H groups in total. The first-order chi connectivity index (χ1) is 6.91. The Kier molecular flexibility index (Phi) is 8.33. The summed E-state index contributed by atoms with van der Waals surface area (Å²) in [7, 11) is -4.35. The second kappa shape index (κ2) is 7.93. The highest BCUT2D eigenvalue weighted by Gasteiger charge is 2.27. The standard InChI is InChI=1S/C6H7Cl4O4P/c7-3-1-5(9)13-15(11,12)14-6(10)2-4-8/h1-6H,(H,11,12). The van der Waals surface area contributed by atoms with E-state index in [0.717, 1.165) is 23.2 Å². The van der Waals surface area contributed by atoms with Gasteiger partial charge in [-0.1, -0.05) is 46.4 Å². The molecule has 0 aliphatic rings. The van der Waals surface area contributed by atoms with E-state index in [1.807, 2.05) is 0 Å². The molecule has 0 radical (unpaired) electrons. The lowest BCUT2D eigenvalue weighted by atomic mass is 10.7. The lowest BCUT2D eigenvalue weighted by Crippen LogP contribution is -2.05. The molecular formula is C6H7Cl4O4P. The average Bonchev–Trinajstić information content (AvgIpc) is 2.01. The molecule has 0 bridgehead atoms. The van der Waals surface area contributed by atoms with Crippen LogP contribution in [0, 0.1) is 0 Å². The third-order valence-electron chi connectivity index (χ3n) is 0.916. The Balaban J connectivity index is 4.24. The quantitative estimate of drug-likeness (QED) is 0.599. The molecule has 0 aliphatic heterocycles. The smallest absolute Gasteiger partial charge is 0.302 e. The predicted molar refractivity (Wildman–Crippen MR) is 61.3 cm³/mol. The highest BCUT2D eigenvalue weighted by atomic mass is 35.5. The molecule has 4 nitrogen and oxygen atoms in total. The van der Waals surface area contributed by atoms with Gasteiger partial charge in [0.2, 0.25) is 0 Å². The molecule has 2 atom stereocenters. The van der Waals surface area contributed by atoms with Crippen LogP contribution in [0.25, 0.3) is 0 Å². The number of phosphoric ester groups is 1. The van der Waals surface area contributed by atoms with Crippen molar-refractivity contribution in [1.82, 2.24) is 0 Å². The van der Waals surface area contributed by atoms with Crippen LogP contribution in [0.4, 0.5) is 0 Å². The topological polar surface area (TPSA) is 55.8 Å². The molecule has 88 valence electrons. The normalized spacial score (nSPS) is 20.6. The van der Waals surface area contributed by atoms with Crippen LogP contribution in [0.2, 0.25) is 0 Å². The Morgan fingerprint density at radius 3 is 1.67 bits per heavy atom. The van der Waals surface area contributed by atoms with Crippen LogP contribution in [0.3, 0.4) is 0 Å². The van der Waals surface area contributed by atoms with Crippen molar-refractivity contribution in [2.24, 2.45) is 0 Å². The molecule has 15 heavy (non-hydrogen) atoms. The summed E-state index contributed by atoms with van der Waals surface area (Å²) >= 11 is 21.2. The van der Waals surface area contributed by atoms with E-state index in [1.165, 1.54) is 0 Å². The predicted octanol–water partition coefficient (Wildman–Crippen LogP) is 3.75. The summed E-state index contributed by atoms with van der Waals surface area (Å²) in [6, 6.07) is 0. The van der Waals surface area contributed by atoms with E-state index in [2.05, 4.69) is 9.05 Å². The van der Waals surface area contributed by atoms with Crippen LogP contribution in [-0.4, -0.2) is 16.0 Å². The van der Waals surface area contributed by atoms with Crippen molar-refractivity contribution in [1.29, 1.82) is 0 Å². The Morgan fingerprint density at radius 2 is 1.40 bits per heavy atom. The molecule has 0 rings (SSSR count). The number of phosphoric acid groups is 1. The van der Waals surface area contributed by atoms with Crippen LogP contribution >= 0.6 is 54.2 Å². The van der Waals surface area contributed by atoms with E-state index in [1.54, 1.807) is 0 Å². The van der Waals surface area contributed by atoms with Crippen LogP contribution in [0.15, 0.2) is 23.2 Å². The molecule has 0 amide bonds. The van der Waals surface area contributed by atoms with Crippen LogP contribution in [0.1, 0.15) is 0 Å². The molecule has 0 aromatic rings. The van der Waals surface area contributed by atoms with E-state index in [-0.39, 0.29) is 0 Å². The third-order valence-corrected chi connectivity index (χ3v) is 2.91. The van der Waals surface area contributed by atoms with E-state index < -0.39 is 18.9 Å². The van der Waals surface area contributed by atoms with Crippen molar-refractivity contribution in [2.75, 3.05) is 0 Å². The Hall–Kier alpha value is 0.750. The van der Waals surface area contributed by atoms with E-state index in [9.17, 15) is 4.57 Å². The van der Waals surface area contributed by atoms with Gasteiger partial charge in [-0.2, -0.15) is 0 Å². The molecule has 0 saturated carbocycles. The second-order valence-corrected chi connectivity index (χ2v) is 4.74. The highest BCUT2D eigenvalue weighted by Crippen LogP contribution is 2.47. The molecule has 2 unspecified atom stereocenters. The Morgan fingerprint density at radius 1 is 1.07 bits per heavy atom. The summed E-state index contributed by atoms with van der Waals surface area (Å²) in [6.07, 6.45) is 2.27. The van der Waals surface area contributed by atoms with Gasteiger partial charge in [-0.05, 0) is 12.2 Å². The largest absolute Gasteiger partial charge is 0.475 e. The Bertz CT molecular complexity index is 258. The SMILES string of the molecule is O=P(O)(OC(Cl)C=CCl)OC(Cl)C=CCl. The minimum absolute atomic E-state index is 1.04. The maximum absolute atomic E-state index is 11.2. The van der Waals surface area contributed by atoms with Crippen molar-refractivity contribution in [2.45, 2.75) is 11.1 Å². The zero-order chi connectivity index (χ0) is 11.9.